The minimum Gasteiger partial charge on any atom is -0.483 e. The molecule has 0 amide bonds. The number of benzene rings is 1. The molecule has 1 aromatic carbocycles. The molecule has 0 saturated carbocycles. The van der Waals surface area contributed by atoms with Gasteiger partial charge >= 0.3 is 0 Å². The van der Waals surface area contributed by atoms with Crippen LogP contribution in [-0.2, 0) is 21.3 Å². The van der Waals surface area contributed by atoms with Gasteiger partial charge < -0.3 is 14.6 Å². The predicted molar refractivity (Wildman–Crippen MR) is 138 cm³/mol. The number of ether oxygens (including phenoxy) is 1. The molecule has 3 N–H and O–H groups in total. The van der Waals surface area contributed by atoms with Gasteiger partial charge in [0, 0.05) is 36.3 Å². The van der Waals surface area contributed by atoms with E-state index in [0.29, 0.717) is 11.6 Å². The first-order valence-corrected chi connectivity index (χ1v) is 13.5. The Morgan fingerprint density at radius 1 is 1.09 bits per heavy atom. The molecule has 0 radical (unpaired) electrons. The third kappa shape index (κ3) is 5.91. The monoisotopic (exact) mass is 499 g/mol. The van der Waals surface area contributed by atoms with Crippen LogP contribution in [0.25, 0.3) is 11.0 Å². The average Bonchev–Trinajstić information content (AvgIpc) is 3.16. The number of primary sulfonamides is 1. The van der Waals surface area contributed by atoms with Crippen molar-refractivity contribution in [3.63, 3.8) is 0 Å². The van der Waals surface area contributed by atoms with Gasteiger partial charge in [-0.3, -0.25) is 0 Å². The molecule has 0 spiro atoms. The van der Waals surface area contributed by atoms with Gasteiger partial charge in [-0.1, -0.05) is 19.3 Å². The Labute approximate surface area is 206 Å². The number of aryl methyl sites for hydroxylation is 1. The van der Waals surface area contributed by atoms with Crippen LogP contribution in [0, 0.1) is 0 Å². The summed E-state index contributed by atoms with van der Waals surface area (Å²) in [6.45, 7) is 5.03. The first kappa shape index (κ1) is 24.9. The van der Waals surface area contributed by atoms with Gasteiger partial charge in [0.2, 0.25) is 21.9 Å². The molecule has 0 unspecified atom stereocenters. The molecular formula is C24H33N7O3S. The second-order valence-electron chi connectivity index (χ2n) is 8.98. The number of sulfonamides is 1. The molecule has 10 nitrogen and oxygen atoms in total. The van der Waals surface area contributed by atoms with Crippen LogP contribution in [0.1, 0.15) is 52.4 Å². The molecule has 4 rings (SSSR count). The third-order valence-corrected chi connectivity index (χ3v) is 6.93. The van der Waals surface area contributed by atoms with E-state index in [1.165, 1.54) is 18.6 Å². The first-order valence-electron chi connectivity index (χ1n) is 11.9. The lowest BCUT2D eigenvalue weighted by atomic mass is 10.1. The number of nitrogens with two attached hydrogens (primary N) is 1. The lowest BCUT2D eigenvalue weighted by Crippen LogP contribution is -2.29. The zero-order valence-electron chi connectivity index (χ0n) is 20.4. The molecule has 188 valence electrons. The van der Waals surface area contributed by atoms with E-state index >= 15 is 0 Å². The van der Waals surface area contributed by atoms with Crippen molar-refractivity contribution in [1.29, 1.82) is 0 Å². The maximum Gasteiger partial charge on any atom is 0.238 e. The van der Waals surface area contributed by atoms with Gasteiger partial charge in [-0.2, -0.15) is 4.98 Å². The number of hydrogen-bond donors (Lipinski definition) is 2. The van der Waals surface area contributed by atoms with Gasteiger partial charge in [0.25, 0.3) is 0 Å². The summed E-state index contributed by atoms with van der Waals surface area (Å²) in [4.78, 5) is 9.33. The van der Waals surface area contributed by atoms with E-state index in [2.05, 4.69) is 34.8 Å². The number of hydrogen-bond acceptors (Lipinski definition) is 8. The normalized spacial score (nSPS) is 17.3. The fourth-order valence-electron chi connectivity index (χ4n) is 4.17. The second kappa shape index (κ2) is 10.6. The summed E-state index contributed by atoms with van der Waals surface area (Å²) in [6, 6.07) is 8.37. The fraction of sp³-hybridized carbons (Fsp3) is 0.458. The van der Waals surface area contributed by atoms with Gasteiger partial charge in [-0.05, 0) is 57.0 Å². The smallest absolute Gasteiger partial charge is 0.238 e. The second-order valence-corrected chi connectivity index (χ2v) is 10.5. The minimum absolute atomic E-state index is 0.0517. The summed E-state index contributed by atoms with van der Waals surface area (Å²) in [7, 11) is -2.07. The molecule has 0 fully saturated rings. The lowest BCUT2D eigenvalue weighted by molar-refractivity contribution is 0.381. The minimum atomic E-state index is -3.75. The molecule has 0 aliphatic carbocycles. The van der Waals surface area contributed by atoms with Crippen LogP contribution in [0.5, 0.6) is 0 Å². The Morgan fingerprint density at radius 2 is 1.80 bits per heavy atom. The van der Waals surface area contributed by atoms with Crippen LogP contribution < -0.4 is 15.5 Å². The molecule has 0 saturated heterocycles. The third-order valence-electron chi connectivity index (χ3n) is 6.00. The number of hydrazone groups is 1. The summed E-state index contributed by atoms with van der Waals surface area (Å²) in [6.07, 6.45) is 8.21. The number of methoxy groups -OCH3 is 1. The molecule has 3 heterocycles. The van der Waals surface area contributed by atoms with E-state index in [0.717, 1.165) is 61.4 Å². The molecule has 1 aliphatic heterocycles. The highest BCUT2D eigenvalue weighted by Gasteiger charge is 2.21. The van der Waals surface area contributed by atoms with Gasteiger partial charge in [0.1, 0.15) is 11.5 Å². The molecule has 11 heteroatoms. The van der Waals surface area contributed by atoms with Crippen molar-refractivity contribution in [1.82, 2.24) is 14.5 Å². The summed E-state index contributed by atoms with van der Waals surface area (Å²) >= 11 is 0. The van der Waals surface area contributed by atoms with E-state index in [-0.39, 0.29) is 10.9 Å². The Kier molecular flexibility index (Phi) is 7.56. The number of fused-ring (bicyclic) bond motifs is 3. The topological polar surface area (TPSA) is 128 Å². The highest BCUT2D eigenvalue weighted by atomic mass is 32.2. The Bertz CT molecular complexity index is 1300. The first-order chi connectivity index (χ1) is 16.8. The Balaban J connectivity index is 1.73. The van der Waals surface area contributed by atoms with Gasteiger partial charge in [-0.25, -0.2) is 23.5 Å². The fourth-order valence-corrected chi connectivity index (χ4v) is 4.69. The summed E-state index contributed by atoms with van der Waals surface area (Å²) in [5, 5.41) is 16.1. The van der Waals surface area contributed by atoms with E-state index in [1.54, 1.807) is 25.4 Å². The molecule has 3 aromatic rings. The van der Waals surface area contributed by atoms with Crippen LogP contribution in [-0.4, -0.2) is 42.0 Å². The maximum atomic E-state index is 11.5. The number of anilines is 3. The zero-order chi connectivity index (χ0) is 25.0. The highest BCUT2D eigenvalue weighted by Crippen LogP contribution is 2.30. The van der Waals surface area contributed by atoms with Gasteiger partial charge in [0.15, 0.2) is 0 Å². The number of nitrogens with one attached hydrogen (secondary N) is 1. The molecule has 0 atom stereocenters. The quantitative estimate of drug-likeness (QED) is 0.546. The van der Waals surface area contributed by atoms with Crippen molar-refractivity contribution in [3.8, 4) is 0 Å². The zero-order valence-corrected chi connectivity index (χ0v) is 21.3. The van der Waals surface area contributed by atoms with Crippen molar-refractivity contribution in [2.24, 2.45) is 10.2 Å². The number of nitrogens with zero attached hydrogens (tertiary/aromatic N) is 5. The summed E-state index contributed by atoms with van der Waals surface area (Å²) < 4.78 is 30.8. The van der Waals surface area contributed by atoms with Crippen molar-refractivity contribution in [2.45, 2.75) is 69.9 Å². The molecule has 1 aliphatic rings. The standard InChI is InChI=1S/C24H33N7O3S/c1-17(2)31-22-15-18-16-26-24(27-19-10-12-20(13-11-19)35(25,32)33)28-23(18)30(22)14-8-6-4-5-7-9-21(29-31)34-3/h10-13,15-17H,4-9,14H2,1-3H3,(H2,25,32,33)(H,26,27,28)/b29-21+. The van der Waals surface area contributed by atoms with E-state index in [9.17, 15) is 8.42 Å². The van der Waals surface area contributed by atoms with Crippen LogP contribution in [0.3, 0.4) is 0 Å². The van der Waals surface area contributed by atoms with Gasteiger partial charge in [0.05, 0.1) is 12.0 Å². The SMILES string of the molecule is CO/C1=N/N(C(C)C)c2cc3cnc(Nc4ccc(S(N)(=O)=O)cc4)nc3n2CCCCCCC1. The predicted octanol–water partition coefficient (Wildman–Crippen LogP) is 4.35. The molecule has 0 bridgehead atoms. The van der Waals surface area contributed by atoms with Crippen LogP contribution in [0.4, 0.5) is 17.5 Å². The molecular weight excluding hydrogens is 466 g/mol. The van der Waals surface area contributed by atoms with Crippen LogP contribution >= 0.6 is 0 Å². The number of rotatable bonds is 4. The summed E-state index contributed by atoms with van der Waals surface area (Å²) in [5.41, 5.74) is 1.48. The molecule has 2 aromatic heterocycles. The highest BCUT2D eigenvalue weighted by molar-refractivity contribution is 7.89. The summed E-state index contributed by atoms with van der Waals surface area (Å²) in [5.74, 6) is 2.10. The maximum absolute atomic E-state index is 11.5. The Morgan fingerprint density at radius 3 is 2.49 bits per heavy atom. The van der Waals surface area contributed by atoms with Crippen molar-refractivity contribution in [3.05, 3.63) is 36.5 Å². The largest absolute Gasteiger partial charge is 0.483 e. The molecule has 35 heavy (non-hydrogen) atoms. The van der Waals surface area contributed by atoms with Crippen LogP contribution in [0.15, 0.2) is 46.5 Å². The van der Waals surface area contributed by atoms with Crippen molar-refractivity contribution < 1.29 is 13.2 Å². The average molecular weight is 500 g/mol. The van der Waals surface area contributed by atoms with E-state index in [4.69, 9.17) is 20.0 Å². The van der Waals surface area contributed by atoms with Crippen molar-refractivity contribution in [2.75, 3.05) is 17.4 Å². The van der Waals surface area contributed by atoms with Crippen molar-refractivity contribution >= 4 is 44.4 Å². The number of aromatic nitrogens is 3. The lowest BCUT2D eigenvalue weighted by Gasteiger charge is -2.26. The van der Waals surface area contributed by atoms with E-state index < -0.39 is 10.0 Å². The van der Waals surface area contributed by atoms with Gasteiger partial charge in [-0.15, -0.1) is 5.10 Å². The van der Waals surface area contributed by atoms with Crippen LogP contribution in [0.2, 0.25) is 0 Å². The Hall–Kier alpha value is -3.18. The van der Waals surface area contributed by atoms with E-state index in [1.807, 2.05) is 5.01 Å².